The van der Waals surface area contributed by atoms with Crippen LogP contribution in [0.1, 0.15) is 15.9 Å². The molecule has 0 aliphatic carbocycles. The average Bonchev–Trinajstić information content (AvgIpc) is 2.27. The molecule has 0 spiro atoms. The van der Waals surface area contributed by atoms with Crippen molar-refractivity contribution in [2.45, 2.75) is 0 Å². The molecule has 0 bridgehead atoms. The third-order valence-electron chi connectivity index (χ3n) is 1.76. The van der Waals surface area contributed by atoms with Crippen LogP contribution >= 0.6 is 11.6 Å². The van der Waals surface area contributed by atoms with Gasteiger partial charge < -0.3 is 4.74 Å². The second-order valence-electron chi connectivity index (χ2n) is 2.73. The average molecular weight is 225 g/mol. The van der Waals surface area contributed by atoms with E-state index in [1.807, 2.05) is 0 Å². The third kappa shape index (κ3) is 2.92. The van der Waals surface area contributed by atoms with Gasteiger partial charge in [-0.3, -0.25) is 4.79 Å². The molecule has 1 aromatic rings. The Kier molecular flexibility index (Phi) is 4.06. The summed E-state index contributed by atoms with van der Waals surface area (Å²) < 4.78 is 4.56. The van der Waals surface area contributed by atoms with E-state index in [2.05, 4.69) is 4.74 Å². The van der Waals surface area contributed by atoms with Crippen molar-refractivity contribution >= 4 is 29.9 Å². The first kappa shape index (κ1) is 11.5. The lowest BCUT2D eigenvalue weighted by Gasteiger charge is -2.02. The number of halogens is 1. The summed E-state index contributed by atoms with van der Waals surface area (Å²) in [6, 6.07) is 4.85. The van der Waals surface area contributed by atoms with Crippen molar-refractivity contribution in [1.82, 2.24) is 0 Å². The standard InChI is InChI=1S/C11H9ClO3/c1-15-11(14)9-7-8(3-2-6-13)4-5-10(9)12/h2-7H,1H3. The molecule has 0 unspecified atom stereocenters. The number of carbonyl (C=O) groups excluding carboxylic acids is 2. The first-order valence-electron chi connectivity index (χ1n) is 4.18. The Morgan fingerprint density at radius 3 is 2.80 bits per heavy atom. The molecular formula is C11H9ClO3. The number of ether oxygens (including phenoxy) is 1. The molecule has 78 valence electrons. The van der Waals surface area contributed by atoms with Gasteiger partial charge in [-0.25, -0.2) is 4.79 Å². The van der Waals surface area contributed by atoms with E-state index in [-0.39, 0.29) is 5.56 Å². The van der Waals surface area contributed by atoms with E-state index in [9.17, 15) is 9.59 Å². The summed E-state index contributed by atoms with van der Waals surface area (Å²) in [4.78, 5) is 21.4. The van der Waals surface area contributed by atoms with Gasteiger partial charge in [0.2, 0.25) is 0 Å². The quantitative estimate of drug-likeness (QED) is 0.450. The summed E-state index contributed by atoms with van der Waals surface area (Å²) in [5, 5.41) is 0.324. The molecule has 0 saturated carbocycles. The highest BCUT2D eigenvalue weighted by Gasteiger charge is 2.10. The minimum absolute atomic E-state index is 0.284. The van der Waals surface area contributed by atoms with Crippen molar-refractivity contribution < 1.29 is 14.3 Å². The smallest absolute Gasteiger partial charge is 0.339 e. The Morgan fingerprint density at radius 2 is 2.20 bits per heavy atom. The molecule has 0 saturated heterocycles. The zero-order valence-electron chi connectivity index (χ0n) is 8.07. The van der Waals surface area contributed by atoms with E-state index < -0.39 is 5.97 Å². The van der Waals surface area contributed by atoms with Gasteiger partial charge in [0.15, 0.2) is 0 Å². The van der Waals surface area contributed by atoms with Gasteiger partial charge in [-0.15, -0.1) is 0 Å². The second kappa shape index (κ2) is 5.32. The highest BCUT2D eigenvalue weighted by Crippen LogP contribution is 2.19. The number of rotatable bonds is 3. The van der Waals surface area contributed by atoms with Gasteiger partial charge in [-0.1, -0.05) is 23.7 Å². The van der Waals surface area contributed by atoms with Gasteiger partial charge in [0, 0.05) is 0 Å². The molecule has 1 aromatic carbocycles. The molecule has 0 amide bonds. The van der Waals surface area contributed by atoms with Crippen molar-refractivity contribution in [3.63, 3.8) is 0 Å². The fraction of sp³-hybridized carbons (Fsp3) is 0.0909. The van der Waals surface area contributed by atoms with Crippen molar-refractivity contribution in [2.24, 2.45) is 0 Å². The predicted molar refractivity (Wildman–Crippen MR) is 57.9 cm³/mol. The lowest BCUT2D eigenvalue weighted by molar-refractivity contribution is -0.104. The number of benzene rings is 1. The Morgan fingerprint density at radius 1 is 1.47 bits per heavy atom. The molecule has 0 heterocycles. The molecule has 4 heteroatoms. The molecule has 0 radical (unpaired) electrons. The molecule has 0 aliphatic heterocycles. The van der Waals surface area contributed by atoms with Crippen LogP contribution in [0.4, 0.5) is 0 Å². The van der Waals surface area contributed by atoms with E-state index in [1.165, 1.54) is 13.2 Å². The number of esters is 1. The number of allylic oxidation sites excluding steroid dienone is 1. The van der Waals surface area contributed by atoms with Gasteiger partial charge in [-0.2, -0.15) is 0 Å². The van der Waals surface area contributed by atoms with Gasteiger partial charge in [0.25, 0.3) is 0 Å². The number of carbonyl (C=O) groups is 2. The first-order valence-corrected chi connectivity index (χ1v) is 4.56. The van der Waals surface area contributed by atoms with Gasteiger partial charge >= 0.3 is 5.97 Å². The molecule has 0 atom stereocenters. The molecule has 0 N–H and O–H groups in total. The zero-order chi connectivity index (χ0) is 11.3. The van der Waals surface area contributed by atoms with Crippen LogP contribution in [0.15, 0.2) is 24.3 Å². The van der Waals surface area contributed by atoms with Crippen LogP contribution in [-0.4, -0.2) is 19.4 Å². The normalized spacial score (nSPS) is 10.3. The van der Waals surface area contributed by atoms with Gasteiger partial charge in [-0.05, 0) is 23.8 Å². The minimum atomic E-state index is -0.499. The number of hydrogen-bond donors (Lipinski definition) is 0. The molecule has 3 nitrogen and oxygen atoms in total. The summed E-state index contributed by atoms with van der Waals surface area (Å²) >= 11 is 5.81. The second-order valence-corrected chi connectivity index (χ2v) is 3.13. The summed E-state index contributed by atoms with van der Waals surface area (Å²) in [7, 11) is 1.28. The molecule has 15 heavy (non-hydrogen) atoms. The molecular weight excluding hydrogens is 216 g/mol. The first-order chi connectivity index (χ1) is 7.19. The summed E-state index contributed by atoms with van der Waals surface area (Å²) in [6.07, 6.45) is 3.58. The fourth-order valence-corrected chi connectivity index (χ4v) is 1.26. The molecule has 0 aromatic heterocycles. The lowest BCUT2D eigenvalue weighted by Crippen LogP contribution is -2.02. The Labute approximate surface area is 92.3 Å². The maximum Gasteiger partial charge on any atom is 0.339 e. The van der Waals surface area contributed by atoms with Crippen LogP contribution in [0, 0.1) is 0 Å². The predicted octanol–water partition coefficient (Wildman–Crippen LogP) is 2.34. The zero-order valence-corrected chi connectivity index (χ0v) is 8.82. The highest BCUT2D eigenvalue weighted by molar-refractivity contribution is 6.33. The topological polar surface area (TPSA) is 43.4 Å². The van der Waals surface area contributed by atoms with Crippen molar-refractivity contribution in [3.05, 3.63) is 40.4 Å². The Balaban J connectivity index is 3.10. The molecule has 1 rings (SSSR count). The largest absolute Gasteiger partial charge is 0.465 e. The maximum atomic E-state index is 11.3. The number of hydrogen-bond acceptors (Lipinski definition) is 3. The van der Waals surface area contributed by atoms with Crippen LogP contribution in [0.5, 0.6) is 0 Å². The van der Waals surface area contributed by atoms with Gasteiger partial charge in [0.05, 0.1) is 17.7 Å². The molecule has 0 aliphatic rings. The van der Waals surface area contributed by atoms with E-state index in [4.69, 9.17) is 11.6 Å². The summed E-state index contributed by atoms with van der Waals surface area (Å²) in [5.74, 6) is -0.499. The van der Waals surface area contributed by atoms with E-state index in [1.54, 1.807) is 24.3 Å². The Hall–Kier alpha value is -1.61. The van der Waals surface area contributed by atoms with Gasteiger partial charge in [0.1, 0.15) is 6.29 Å². The van der Waals surface area contributed by atoms with Crippen LogP contribution in [0.25, 0.3) is 6.08 Å². The minimum Gasteiger partial charge on any atom is -0.465 e. The van der Waals surface area contributed by atoms with Crippen molar-refractivity contribution in [2.75, 3.05) is 7.11 Å². The van der Waals surface area contributed by atoms with Crippen LogP contribution in [-0.2, 0) is 9.53 Å². The number of methoxy groups -OCH3 is 1. The van der Waals surface area contributed by atoms with Crippen molar-refractivity contribution in [1.29, 1.82) is 0 Å². The third-order valence-corrected chi connectivity index (χ3v) is 2.09. The van der Waals surface area contributed by atoms with E-state index >= 15 is 0 Å². The fourth-order valence-electron chi connectivity index (χ4n) is 1.06. The van der Waals surface area contributed by atoms with Crippen LogP contribution < -0.4 is 0 Å². The summed E-state index contributed by atoms with van der Waals surface area (Å²) in [6.45, 7) is 0. The van der Waals surface area contributed by atoms with E-state index in [0.717, 1.165) is 0 Å². The molecule has 0 fully saturated rings. The Bertz CT molecular complexity index is 410. The van der Waals surface area contributed by atoms with Crippen LogP contribution in [0.2, 0.25) is 5.02 Å². The highest BCUT2D eigenvalue weighted by atomic mass is 35.5. The number of aldehydes is 1. The van der Waals surface area contributed by atoms with E-state index in [0.29, 0.717) is 16.9 Å². The summed E-state index contributed by atoms with van der Waals surface area (Å²) in [5.41, 5.74) is 0.999. The van der Waals surface area contributed by atoms with Crippen molar-refractivity contribution in [3.8, 4) is 0 Å². The maximum absolute atomic E-state index is 11.3. The monoisotopic (exact) mass is 224 g/mol. The lowest BCUT2D eigenvalue weighted by atomic mass is 10.1. The van der Waals surface area contributed by atoms with Crippen LogP contribution in [0.3, 0.4) is 0 Å². The SMILES string of the molecule is COC(=O)c1cc(C=CC=O)ccc1Cl.